The van der Waals surface area contributed by atoms with E-state index in [0.29, 0.717) is 0 Å². The molecule has 0 saturated heterocycles. The first-order valence-electron chi connectivity index (χ1n) is 6.67. The van der Waals surface area contributed by atoms with Crippen LogP contribution in [0.2, 0.25) is 0 Å². The van der Waals surface area contributed by atoms with Gasteiger partial charge in [0.15, 0.2) is 17.4 Å². The second-order valence-electron chi connectivity index (χ2n) is 5.60. The third kappa shape index (κ3) is 8.26. The minimum absolute atomic E-state index is 0.00734. The zero-order valence-corrected chi connectivity index (χ0v) is 15.4. The van der Waals surface area contributed by atoms with Crippen molar-refractivity contribution in [3.8, 4) is 0 Å². The number of hydrogen-bond acceptors (Lipinski definition) is 0. The van der Waals surface area contributed by atoms with Crippen LogP contribution in [0.4, 0.5) is 16.9 Å². The van der Waals surface area contributed by atoms with Crippen molar-refractivity contribution in [3.05, 3.63) is 66.0 Å². The summed E-state index contributed by atoms with van der Waals surface area (Å²) in [6.45, 7) is 6.63. The molecule has 0 N–H and O–H groups in total. The van der Waals surface area contributed by atoms with Gasteiger partial charge in [-0.2, -0.15) is 4.57 Å². The van der Waals surface area contributed by atoms with E-state index in [9.17, 15) is 16.9 Å². The van der Waals surface area contributed by atoms with Crippen LogP contribution in [0.5, 0.6) is 0 Å². The number of nitrogens with zero attached hydrogens (tertiary/aromatic N) is 1. The topological polar surface area (TPSA) is 3.88 Å². The van der Waals surface area contributed by atoms with Gasteiger partial charge in [0.25, 0.3) is 0 Å². The zero-order chi connectivity index (χ0) is 18.0. The van der Waals surface area contributed by atoms with E-state index in [1.165, 1.54) is 11.3 Å². The SMILES string of the molecule is Cc1cccc[n+]1C(C)(C)c1ccccc1.[F][Sb-]([F])([F])([F])([F])[F]. The Kier molecular flexibility index (Phi) is 4.90. The zero-order valence-electron chi connectivity index (χ0n) is 12.9. The summed E-state index contributed by atoms with van der Waals surface area (Å²) in [4.78, 5) is 0. The molecule has 1 aromatic carbocycles. The molecule has 0 radical (unpaired) electrons. The Bertz CT molecular complexity index is 654. The van der Waals surface area contributed by atoms with Crippen molar-refractivity contribution >= 4 is 19.5 Å². The summed E-state index contributed by atoms with van der Waals surface area (Å²) in [6.07, 6.45) is 2.14. The molecule has 0 amide bonds. The molecule has 0 aliphatic carbocycles. The van der Waals surface area contributed by atoms with Crippen molar-refractivity contribution in [2.75, 3.05) is 0 Å². The van der Waals surface area contributed by atoms with Crippen LogP contribution in [-0.4, -0.2) is 19.5 Å². The molecule has 0 aliphatic heterocycles. The van der Waals surface area contributed by atoms with Gasteiger partial charge in [-0.1, -0.05) is 36.4 Å². The fourth-order valence-corrected chi connectivity index (χ4v) is 2.14. The van der Waals surface area contributed by atoms with Gasteiger partial charge in [0, 0.05) is 38.5 Å². The molecule has 2 aromatic rings. The molecular formula is C15H18F6NSb. The molecule has 0 atom stereocenters. The third-order valence-corrected chi connectivity index (χ3v) is 3.15. The fraction of sp³-hybridized carbons (Fsp3) is 0.267. The molecule has 1 aromatic heterocycles. The Hall–Kier alpha value is -1.23. The molecule has 8 heteroatoms. The van der Waals surface area contributed by atoms with Gasteiger partial charge in [0.1, 0.15) is 0 Å². The standard InChI is InChI=1S/C15H18N.6FH.Sb/c1-13-9-7-8-12-16(13)15(2,3)14-10-5-4-6-11-14;;;;;;;/h4-12H,1-3H3;6*1H;/q+1;;;;;;;+5/p-6. The predicted molar refractivity (Wildman–Crippen MR) is 78.6 cm³/mol. The van der Waals surface area contributed by atoms with Gasteiger partial charge in [-0.3, -0.25) is 0 Å². The molecule has 0 fully saturated rings. The average molecular weight is 448 g/mol. The number of aryl methyl sites for hydroxylation is 1. The summed E-state index contributed by atoms with van der Waals surface area (Å²) in [5.74, 6) is 0. The number of hydrogen-bond donors (Lipinski definition) is 0. The second kappa shape index (κ2) is 5.69. The summed E-state index contributed by atoms with van der Waals surface area (Å²) in [7, 11) is 0. The molecule has 0 aliphatic rings. The average Bonchev–Trinajstić information content (AvgIpc) is 2.36. The summed E-state index contributed by atoms with van der Waals surface area (Å²) in [5.41, 5.74) is 2.60. The predicted octanol–water partition coefficient (Wildman–Crippen LogP) is 5.21. The van der Waals surface area contributed by atoms with E-state index in [0.717, 1.165) is 0 Å². The molecule has 0 saturated carbocycles. The minimum atomic E-state index is -11.2. The molecule has 23 heavy (non-hydrogen) atoms. The maximum atomic E-state index is 9.93. The fourth-order valence-electron chi connectivity index (χ4n) is 2.14. The van der Waals surface area contributed by atoms with Crippen LogP contribution >= 0.6 is 0 Å². The van der Waals surface area contributed by atoms with E-state index < -0.39 is 19.5 Å². The Labute approximate surface area is 133 Å². The van der Waals surface area contributed by atoms with Crippen molar-refractivity contribution in [2.24, 2.45) is 0 Å². The van der Waals surface area contributed by atoms with Gasteiger partial charge in [-0.25, -0.2) is 0 Å². The van der Waals surface area contributed by atoms with E-state index in [-0.39, 0.29) is 5.54 Å². The van der Waals surface area contributed by atoms with E-state index in [2.05, 4.69) is 80.1 Å². The molecule has 0 unspecified atom stereocenters. The summed E-state index contributed by atoms with van der Waals surface area (Å²) >= 11 is -11.2. The first-order chi connectivity index (χ1) is 10.1. The van der Waals surface area contributed by atoms with E-state index in [1.807, 2.05) is 0 Å². The first-order valence-corrected chi connectivity index (χ1v) is 12.5. The number of aromatic nitrogens is 1. The Morgan fingerprint density at radius 3 is 1.65 bits per heavy atom. The molecule has 130 valence electrons. The van der Waals surface area contributed by atoms with Gasteiger partial charge in [-0.15, -0.1) is 0 Å². The number of halogens is 6. The molecule has 2 rings (SSSR count). The second-order valence-corrected chi connectivity index (χ2v) is 11.1. The van der Waals surface area contributed by atoms with Crippen molar-refractivity contribution in [3.63, 3.8) is 0 Å². The number of benzene rings is 1. The van der Waals surface area contributed by atoms with Crippen LogP contribution in [0.15, 0.2) is 54.7 Å². The van der Waals surface area contributed by atoms with Gasteiger partial charge < -0.3 is 0 Å². The summed E-state index contributed by atoms with van der Waals surface area (Å²) in [6, 6.07) is 16.9. The van der Waals surface area contributed by atoms with Gasteiger partial charge in [-0.05, 0) is 0 Å². The van der Waals surface area contributed by atoms with Crippen LogP contribution in [0.3, 0.4) is 0 Å². The van der Waals surface area contributed by atoms with Crippen LogP contribution in [0.1, 0.15) is 25.1 Å². The normalized spacial score (nSPS) is 15.0. The molecule has 0 bridgehead atoms. The van der Waals surface area contributed by atoms with Gasteiger partial charge in [0.05, 0.1) is 0 Å². The first kappa shape index (κ1) is 19.8. The Balaban J connectivity index is 0.000000322. The molecule has 0 spiro atoms. The monoisotopic (exact) mass is 447 g/mol. The number of rotatable bonds is 2. The van der Waals surface area contributed by atoms with Crippen LogP contribution in [-0.2, 0) is 5.54 Å². The van der Waals surface area contributed by atoms with E-state index in [1.54, 1.807) is 0 Å². The van der Waals surface area contributed by atoms with Crippen molar-refractivity contribution in [1.29, 1.82) is 0 Å². The molecule has 1 heterocycles. The number of pyridine rings is 1. The van der Waals surface area contributed by atoms with Crippen LogP contribution < -0.4 is 4.57 Å². The van der Waals surface area contributed by atoms with Gasteiger partial charge >= 0.3 is 36.4 Å². The van der Waals surface area contributed by atoms with Crippen molar-refractivity contribution in [2.45, 2.75) is 26.3 Å². The van der Waals surface area contributed by atoms with Gasteiger partial charge in [0.2, 0.25) is 0 Å². The third-order valence-electron chi connectivity index (χ3n) is 3.15. The Morgan fingerprint density at radius 2 is 1.22 bits per heavy atom. The summed E-state index contributed by atoms with van der Waals surface area (Å²) in [5, 5.41) is 0. The van der Waals surface area contributed by atoms with E-state index >= 15 is 0 Å². The summed E-state index contributed by atoms with van der Waals surface area (Å²) < 4.78 is 61.9. The van der Waals surface area contributed by atoms with Crippen LogP contribution in [0.25, 0.3) is 0 Å². The van der Waals surface area contributed by atoms with Crippen molar-refractivity contribution < 1.29 is 21.4 Å². The maximum absolute atomic E-state index is 11.2. The van der Waals surface area contributed by atoms with E-state index in [4.69, 9.17) is 0 Å². The molecule has 1 nitrogen and oxygen atoms in total. The van der Waals surface area contributed by atoms with Crippen molar-refractivity contribution in [1.82, 2.24) is 0 Å². The Morgan fingerprint density at radius 1 is 0.783 bits per heavy atom. The molecular weight excluding hydrogens is 430 g/mol. The van der Waals surface area contributed by atoms with Crippen LogP contribution in [0, 0.1) is 6.92 Å². The quantitative estimate of drug-likeness (QED) is 0.338.